The third kappa shape index (κ3) is 8.50. The van der Waals surface area contributed by atoms with Crippen LogP contribution >= 0.6 is 0 Å². The predicted molar refractivity (Wildman–Crippen MR) is 104 cm³/mol. The molecule has 1 aromatic carbocycles. The molecule has 0 aromatic heterocycles. The van der Waals surface area contributed by atoms with Crippen molar-refractivity contribution in [1.82, 2.24) is 10.6 Å². The molecule has 0 saturated carbocycles. The molecular formula is C19H30N4O3. The molecule has 0 aliphatic heterocycles. The van der Waals surface area contributed by atoms with Gasteiger partial charge in [0.05, 0.1) is 0 Å². The van der Waals surface area contributed by atoms with Crippen molar-refractivity contribution in [2.24, 2.45) is 11.8 Å². The molecule has 4 amide bonds. The van der Waals surface area contributed by atoms with Gasteiger partial charge in [-0.1, -0.05) is 27.7 Å². The molecule has 0 fully saturated rings. The summed E-state index contributed by atoms with van der Waals surface area (Å²) in [4.78, 5) is 35.4. The van der Waals surface area contributed by atoms with Gasteiger partial charge in [0.1, 0.15) is 6.04 Å². The molecule has 7 nitrogen and oxygen atoms in total. The molecule has 0 spiro atoms. The first-order chi connectivity index (χ1) is 12.2. The van der Waals surface area contributed by atoms with Crippen LogP contribution in [0, 0.1) is 11.8 Å². The topological polar surface area (TPSA) is 99.3 Å². The van der Waals surface area contributed by atoms with E-state index >= 15 is 0 Å². The maximum Gasteiger partial charge on any atom is 0.321 e. The van der Waals surface area contributed by atoms with Gasteiger partial charge >= 0.3 is 6.03 Å². The van der Waals surface area contributed by atoms with Gasteiger partial charge in [0.25, 0.3) is 0 Å². The van der Waals surface area contributed by atoms with Crippen LogP contribution in [-0.2, 0) is 9.59 Å². The molecular weight excluding hydrogens is 332 g/mol. The Morgan fingerprint density at radius 2 is 1.46 bits per heavy atom. The Hall–Kier alpha value is -2.57. The van der Waals surface area contributed by atoms with Crippen LogP contribution in [-0.4, -0.2) is 30.4 Å². The lowest BCUT2D eigenvalue weighted by atomic mass is 10.1. The maximum atomic E-state index is 12.0. The monoisotopic (exact) mass is 362 g/mol. The zero-order valence-corrected chi connectivity index (χ0v) is 16.2. The first kappa shape index (κ1) is 21.5. The molecule has 4 N–H and O–H groups in total. The van der Waals surface area contributed by atoms with Crippen LogP contribution in [0.15, 0.2) is 24.3 Å². The van der Waals surface area contributed by atoms with Gasteiger partial charge in [-0.15, -0.1) is 0 Å². The van der Waals surface area contributed by atoms with E-state index in [2.05, 4.69) is 21.3 Å². The normalized spacial score (nSPS) is 11.8. The third-order valence-electron chi connectivity index (χ3n) is 3.45. The van der Waals surface area contributed by atoms with Gasteiger partial charge in [0.2, 0.25) is 11.8 Å². The number of carbonyl (C=O) groups is 3. The lowest BCUT2D eigenvalue weighted by Gasteiger charge is -2.16. The van der Waals surface area contributed by atoms with E-state index in [1.54, 1.807) is 31.2 Å². The Morgan fingerprint density at radius 3 is 2.00 bits per heavy atom. The van der Waals surface area contributed by atoms with E-state index in [1.807, 2.05) is 27.7 Å². The summed E-state index contributed by atoms with van der Waals surface area (Å²) in [5.41, 5.74) is 1.42. The standard InChI is InChI=1S/C19H30N4O3/c1-12(2)10-17(24)22-16-8-6-15(7-9-16)21-14(5)18(25)23-19(26)20-11-13(3)4/h6-9,12-14,21H,10-11H2,1-5H3,(H,22,24)(H2,20,23,25,26). The van der Waals surface area contributed by atoms with Crippen LogP contribution in [0.2, 0.25) is 0 Å². The van der Waals surface area contributed by atoms with E-state index in [-0.39, 0.29) is 5.91 Å². The number of benzene rings is 1. The summed E-state index contributed by atoms with van der Waals surface area (Å²) < 4.78 is 0. The van der Waals surface area contributed by atoms with Crippen molar-refractivity contribution < 1.29 is 14.4 Å². The molecule has 1 unspecified atom stereocenters. The Bertz CT molecular complexity index is 612. The van der Waals surface area contributed by atoms with Crippen LogP contribution in [0.25, 0.3) is 0 Å². The van der Waals surface area contributed by atoms with Crippen molar-refractivity contribution in [3.63, 3.8) is 0 Å². The fraction of sp³-hybridized carbons (Fsp3) is 0.526. The largest absolute Gasteiger partial charge is 0.374 e. The molecule has 0 radical (unpaired) electrons. The van der Waals surface area contributed by atoms with Crippen molar-refractivity contribution in [3.8, 4) is 0 Å². The number of hydrogen-bond acceptors (Lipinski definition) is 4. The van der Waals surface area contributed by atoms with Crippen LogP contribution in [0.1, 0.15) is 41.0 Å². The number of nitrogens with one attached hydrogen (secondary N) is 4. The number of anilines is 2. The number of urea groups is 1. The highest BCUT2D eigenvalue weighted by molar-refractivity contribution is 5.98. The molecule has 0 heterocycles. The first-order valence-corrected chi connectivity index (χ1v) is 8.92. The van der Waals surface area contributed by atoms with Gasteiger partial charge in [0, 0.05) is 24.3 Å². The predicted octanol–water partition coefficient (Wildman–Crippen LogP) is 2.95. The fourth-order valence-electron chi connectivity index (χ4n) is 2.11. The Kier molecular flexibility index (Phi) is 8.61. The number of amides is 4. The SMILES string of the molecule is CC(C)CNC(=O)NC(=O)C(C)Nc1ccc(NC(=O)CC(C)C)cc1. The fourth-order valence-corrected chi connectivity index (χ4v) is 2.11. The van der Waals surface area contributed by atoms with Crippen molar-refractivity contribution in [2.75, 3.05) is 17.2 Å². The second-order valence-electron chi connectivity index (χ2n) is 7.18. The lowest BCUT2D eigenvalue weighted by molar-refractivity contribution is -0.120. The average molecular weight is 362 g/mol. The summed E-state index contributed by atoms with van der Waals surface area (Å²) in [5.74, 6) is 0.167. The van der Waals surface area contributed by atoms with Gasteiger partial charge in [-0.2, -0.15) is 0 Å². The molecule has 26 heavy (non-hydrogen) atoms. The number of carbonyl (C=O) groups excluding carboxylic acids is 3. The van der Waals surface area contributed by atoms with E-state index in [9.17, 15) is 14.4 Å². The second kappa shape index (κ2) is 10.4. The maximum absolute atomic E-state index is 12.0. The van der Waals surface area contributed by atoms with Crippen LogP contribution < -0.4 is 21.3 Å². The smallest absolute Gasteiger partial charge is 0.321 e. The van der Waals surface area contributed by atoms with Crippen molar-refractivity contribution in [3.05, 3.63) is 24.3 Å². The molecule has 0 bridgehead atoms. The third-order valence-corrected chi connectivity index (χ3v) is 3.45. The quantitative estimate of drug-likeness (QED) is 0.571. The minimum atomic E-state index is -0.582. The minimum absolute atomic E-state index is 0.0270. The molecule has 1 atom stereocenters. The van der Waals surface area contributed by atoms with Gasteiger partial charge < -0.3 is 16.0 Å². The summed E-state index contributed by atoms with van der Waals surface area (Å²) in [6, 6.07) is 5.99. The molecule has 0 aliphatic rings. The molecule has 1 aromatic rings. The van der Waals surface area contributed by atoms with Crippen molar-refractivity contribution in [2.45, 2.75) is 47.1 Å². The summed E-state index contributed by atoms with van der Waals surface area (Å²) >= 11 is 0. The van der Waals surface area contributed by atoms with Crippen LogP contribution in [0.5, 0.6) is 0 Å². The van der Waals surface area contributed by atoms with Crippen molar-refractivity contribution >= 4 is 29.2 Å². The van der Waals surface area contributed by atoms with E-state index in [0.717, 1.165) is 5.69 Å². The second-order valence-corrected chi connectivity index (χ2v) is 7.18. The van der Waals surface area contributed by atoms with E-state index < -0.39 is 18.0 Å². The zero-order chi connectivity index (χ0) is 19.7. The first-order valence-electron chi connectivity index (χ1n) is 8.92. The van der Waals surface area contributed by atoms with Gasteiger partial charge in [-0.25, -0.2) is 4.79 Å². The summed E-state index contributed by atoms with van der Waals surface area (Å²) in [5, 5.41) is 10.8. The van der Waals surface area contributed by atoms with E-state index in [4.69, 9.17) is 0 Å². The summed E-state index contributed by atoms with van der Waals surface area (Å²) in [6.07, 6.45) is 0.468. The lowest BCUT2D eigenvalue weighted by Crippen LogP contribution is -2.46. The summed E-state index contributed by atoms with van der Waals surface area (Å²) in [7, 11) is 0. The van der Waals surface area contributed by atoms with Crippen LogP contribution in [0.3, 0.4) is 0 Å². The van der Waals surface area contributed by atoms with Crippen molar-refractivity contribution in [1.29, 1.82) is 0 Å². The Labute approximate surface area is 155 Å². The number of imide groups is 1. The number of rotatable bonds is 8. The van der Waals surface area contributed by atoms with E-state index in [0.29, 0.717) is 30.5 Å². The highest BCUT2D eigenvalue weighted by atomic mass is 16.2. The van der Waals surface area contributed by atoms with Gasteiger partial charge in [-0.3, -0.25) is 14.9 Å². The zero-order valence-electron chi connectivity index (χ0n) is 16.2. The average Bonchev–Trinajstić information content (AvgIpc) is 2.53. The molecule has 0 saturated heterocycles. The highest BCUT2D eigenvalue weighted by Gasteiger charge is 2.15. The Balaban J connectivity index is 2.48. The Morgan fingerprint density at radius 1 is 0.885 bits per heavy atom. The van der Waals surface area contributed by atoms with E-state index in [1.165, 1.54) is 0 Å². The molecule has 1 rings (SSSR count). The minimum Gasteiger partial charge on any atom is -0.374 e. The van der Waals surface area contributed by atoms with Gasteiger partial charge in [0.15, 0.2) is 0 Å². The molecule has 0 aliphatic carbocycles. The molecule has 144 valence electrons. The van der Waals surface area contributed by atoms with Gasteiger partial charge in [-0.05, 0) is 43.0 Å². The number of hydrogen-bond donors (Lipinski definition) is 4. The van der Waals surface area contributed by atoms with Crippen LogP contribution in [0.4, 0.5) is 16.2 Å². The highest BCUT2D eigenvalue weighted by Crippen LogP contribution is 2.15. The molecule has 7 heteroatoms. The summed E-state index contributed by atoms with van der Waals surface area (Å²) in [6.45, 7) is 10.1.